The summed E-state index contributed by atoms with van der Waals surface area (Å²) in [6, 6.07) is 0.220. The number of ether oxygens (including phenoxy) is 1. The molecular formula is C12H23N3O. The minimum absolute atomic E-state index is 0.101. The Balaban J connectivity index is 2.61. The van der Waals surface area contributed by atoms with Crippen molar-refractivity contribution in [1.29, 1.82) is 0 Å². The second-order valence-corrected chi connectivity index (χ2v) is 4.98. The Kier molecular flexibility index (Phi) is 4.50. The molecule has 0 bridgehead atoms. The van der Waals surface area contributed by atoms with Gasteiger partial charge in [-0.2, -0.15) is 5.10 Å². The molecule has 0 saturated carbocycles. The molecule has 0 spiro atoms. The predicted octanol–water partition coefficient (Wildman–Crippen LogP) is 1.89. The zero-order valence-electron chi connectivity index (χ0n) is 10.9. The molecule has 1 N–H and O–H groups in total. The summed E-state index contributed by atoms with van der Waals surface area (Å²) < 4.78 is 7.62. The van der Waals surface area contributed by atoms with Crippen molar-refractivity contribution < 1.29 is 4.74 Å². The van der Waals surface area contributed by atoms with Crippen molar-refractivity contribution in [3.8, 4) is 0 Å². The van der Waals surface area contributed by atoms with E-state index in [-0.39, 0.29) is 11.6 Å². The Hall–Kier alpha value is -0.870. The third-order valence-electron chi connectivity index (χ3n) is 2.26. The van der Waals surface area contributed by atoms with Crippen LogP contribution in [0, 0.1) is 0 Å². The lowest BCUT2D eigenvalue weighted by molar-refractivity contribution is -0.0146. The van der Waals surface area contributed by atoms with Crippen LogP contribution in [0.25, 0.3) is 0 Å². The Morgan fingerprint density at radius 2 is 2.19 bits per heavy atom. The number of aryl methyl sites for hydroxylation is 1. The molecule has 4 heteroatoms. The van der Waals surface area contributed by atoms with E-state index in [1.807, 2.05) is 24.1 Å². The smallest absolute Gasteiger partial charge is 0.0669 e. The second kappa shape index (κ2) is 5.46. The van der Waals surface area contributed by atoms with Gasteiger partial charge in [-0.05, 0) is 27.3 Å². The highest BCUT2D eigenvalue weighted by Crippen LogP contribution is 2.16. The lowest BCUT2D eigenvalue weighted by atomic mass is 10.1. The van der Waals surface area contributed by atoms with Gasteiger partial charge in [0.2, 0.25) is 0 Å². The van der Waals surface area contributed by atoms with Crippen LogP contribution in [0.4, 0.5) is 0 Å². The average Bonchev–Trinajstić information content (AvgIpc) is 2.57. The van der Waals surface area contributed by atoms with Crippen molar-refractivity contribution >= 4 is 0 Å². The van der Waals surface area contributed by atoms with Crippen LogP contribution in [0.3, 0.4) is 0 Å². The summed E-state index contributed by atoms with van der Waals surface area (Å²) in [4.78, 5) is 0. The van der Waals surface area contributed by atoms with Gasteiger partial charge in [-0.15, -0.1) is 0 Å². The maximum Gasteiger partial charge on any atom is 0.0669 e. The molecule has 0 aliphatic carbocycles. The van der Waals surface area contributed by atoms with Gasteiger partial charge in [-0.3, -0.25) is 4.68 Å². The van der Waals surface area contributed by atoms with Gasteiger partial charge in [-0.1, -0.05) is 6.92 Å². The Labute approximate surface area is 98.0 Å². The van der Waals surface area contributed by atoms with E-state index < -0.39 is 0 Å². The van der Waals surface area contributed by atoms with Crippen molar-refractivity contribution in [3.05, 3.63) is 18.0 Å². The maximum absolute atomic E-state index is 5.81. The fraction of sp³-hybridized carbons (Fsp3) is 0.750. The first kappa shape index (κ1) is 13.2. The van der Waals surface area contributed by atoms with E-state index in [0.29, 0.717) is 6.61 Å². The van der Waals surface area contributed by atoms with E-state index in [0.717, 1.165) is 6.54 Å². The van der Waals surface area contributed by atoms with E-state index in [2.05, 4.69) is 38.1 Å². The normalized spacial score (nSPS) is 14.1. The molecule has 0 aromatic carbocycles. The van der Waals surface area contributed by atoms with Crippen LogP contribution in [-0.4, -0.2) is 28.5 Å². The van der Waals surface area contributed by atoms with Gasteiger partial charge in [0.15, 0.2) is 0 Å². The van der Waals surface area contributed by atoms with E-state index in [9.17, 15) is 0 Å². The van der Waals surface area contributed by atoms with E-state index in [1.54, 1.807) is 0 Å². The Morgan fingerprint density at radius 3 is 2.62 bits per heavy atom. The van der Waals surface area contributed by atoms with E-state index in [4.69, 9.17) is 4.74 Å². The molecular weight excluding hydrogens is 202 g/mol. The summed E-state index contributed by atoms with van der Waals surface area (Å²) in [6.45, 7) is 9.90. The first-order valence-electron chi connectivity index (χ1n) is 5.78. The molecule has 0 aliphatic rings. The van der Waals surface area contributed by atoms with Crippen LogP contribution in [0.2, 0.25) is 0 Å². The van der Waals surface area contributed by atoms with Gasteiger partial charge >= 0.3 is 0 Å². The first-order valence-corrected chi connectivity index (χ1v) is 5.78. The number of hydrogen-bond acceptors (Lipinski definition) is 3. The quantitative estimate of drug-likeness (QED) is 0.831. The van der Waals surface area contributed by atoms with Crippen LogP contribution in [-0.2, 0) is 11.8 Å². The summed E-state index contributed by atoms with van der Waals surface area (Å²) in [6.07, 6.45) is 3.92. The number of nitrogens with zero attached hydrogens (tertiary/aromatic N) is 2. The largest absolute Gasteiger partial charge is 0.374 e. The van der Waals surface area contributed by atoms with E-state index in [1.165, 1.54) is 5.56 Å². The molecule has 92 valence electrons. The fourth-order valence-electron chi connectivity index (χ4n) is 1.47. The molecule has 1 atom stereocenters. The van der Waals surface area contributed by atoms with Gasteiger partial charge in [0, 0.05) is 18.8 Å². The third kappa shape index (κ3) is 4.33. The van der Waals surface area contributed by atoms with Crippen LogP contribution < -0.4 is 5.32 Å². The monoisotopic (exact) mass is 225 g/mol. The summed E-state index contributed by atoms with van der Waals surface area (Å²) in [5.74, 6) is 0. The molecule has 1 rings (SSSR count). The van der Waals surface area contributed by atoms with Gasteiger partial charge < -0.3 is 10.1 Å². The van der Waals surface area contributed by atoms with Gasteiger partial charge in [0.1, 0.15) is 0 Å². The summed E-state index contributed by atoms with van der Waals surface area (Å²) >= 11 is 0. The standard InChI is InChI=1S/C12H23N3O/c1-6-13-11(9-16-12(2,3)4)10-7-14-15(5)8-10/h7-8,11,13H,6,9H2,1-5H3. The lowest BCUT2D eigenvalue weighted by Gasteiger charge is -2.24. The average molecular weight is 225 g/mol. The molecule has 1 unspecified atom stereocenters. The minimum atomic E-state index is -0.101. The van der Waals surface area contributed by atoms with Crippen LogP contribution in [0.15, 0.2) is 12.4 Å². The molecule has 16 heavy (non-hydrogen) atoms. The highest BCUT2D eigenvalue weighted by atomic mass is 16.5. The summed E-state index contributed by atoms with van der Waals surface area (Å²) in [7, 11) is 1.93. The predicted molar refractivity (Wildman–Crippen MR) is 65.3 cm³/mol. The Bertz CT molecular complexity index is 314. The van der Waals surface area contributed by atoms with E-state index >= 15 is 0 Å². The van der Waals surface area contributed by atoms with Gasteiger partial charge in [0.05, 0.1) is 24.4 Å². The zero-order chi connectivity index (χ0) is 12.2. The maximum atomic E-state index is 5.81. The first-order chi connectivity index (χ1) is 7.42. The van der Waals surface area contributed by atoms with Crippen molar-refractivity contribution in [2.24, 2.45) is 7.05 Å². The van der Waals surface area contributed by atoms with Crippen LogP contribution >= 0.6 is 0 Å². The number of rotatable bonds is 5. The number of nitrogens with one attached hydrogen (secondary N) is 1. The zero-order valence-corrected chi connectivity index (χ0v) is 10.9. The summed E-state index contributed by atoms with van der Waals surface area (Å²) in [5, 5.41) is 7.59. The fourth-order valence-corrected chi connectivity index (χ4v) is 1.47. The van der Waals surface area contributed by atoms with Gasteiger partial charge in [-0.25, -0.2) is 0 Å². The number of likely N-dealkylation sites (N-methyl/N-ethyl adjacent to an activating group) is 1. The molecule has 4 nitrogen and oxygen atoms in total. The molecule has 0 amide bonds. The number of hydrogen-bond donors (Lipinski definition) is 1. The number of aromatic nitrogens is 2. The van der Waals surface area contributed by atoms with Crippen molar-refractivity contribution in [3.63, 3.8) is 0 Å². The van der Waals surface area contributed by atoms with Crippen molar-refractivity contribution in [2.45, 2.75) is 39.3 Å². The second-order valence-electron chi connectivity index (χ2n) is 4.98. The highest BCUT2D eigenvalue weighted by Gasteiger charge is 2.17. The minimum Gasteiger partial charge on any atom is -0.374 e. The van der Waals surface area contributed by atoms with Gasteiger partial charge in [0.25, 0.3) is 0 Å². The molecule has 0 saturated heterocycles. The molecule has 1 aromatic rings. The van der Waals surface area contributed by atoms with Crippen LogP contribution in [0.1, 0.15) is 39.3 Å². The molecule has 0 aliphatic heterocycles. The van der Waals surface area contributed by atoms with Crippen molar-refractivity contribution in [1.82, 2.24) is 15.1 Å². The SMILES string of the molecule is CCNC(COC(C)(C)C)c1cnn(C)c1. The molecule has 1 heterocycles. The molecule has 0 fully saturated rings. The lowest BCUT2D eigenvalue weighted by Crippen LogP contribution is -2.30. The Morgan fingerprint density at radius 1 is 1.50 bits per heavy atom. The topological polar surface area (TPSA) is 39.1 Å². The highest BCUT2D eigenvalue weighted by molar-refractivity contribution is 5.10. The summed E-state index contributed by atoms with van der Waals surface area (Å²) in [5.41, 5.74) is 1.07. The third-order valence-corrected chi connectivity index (χ3v) is 2.26. The molecule has 1 aromatic heterocycles. The van der Waals surface area contributed by atoms with Crippen molar-refractivity contribution in [2.75, 3.05) is 13.2 Å². The van der Waals surface area contributed by atoms with Crippen LogP contribution in [0.5, 0.6) is 0 Å². The molecule has 0 radical (unpaired) electrons.